The van der Waals surface area contributed by atoms with Crippen LogP contribution in [0.4, 0.5) is 0 Å². The van der Waals surface area contributed by atoms with Crippen LogP contribution in [0.25, 0.3) is 0 Å². The van der Waals surface area contributed by atoms with Gasteiger partial charge >= 0.3 is 0 Å². The van der Waals surface area contributed by atoms with Crippen molar-refractivity contribution in [1.82, 2.24) is 5.32 Å². The Morgan fingerprint density at radius 2 is 2.45 bits per heavy atom. The van der Waals surface area contributed by atoms with Crippen molar-refractivity contribution < 1.29 is 4.79 Å². The first kappa shape index (κ1) is 6.02. The summed E-state index contributed by atoms with van der Waals surface area (Å²) in [7, 11) is 0. The molecule has 2 aliphatic rings. The molecule has 0 aromatic heterocycles. The molecular weight excluding hydrogens is 146 g/mol. The zero-order valence-electron chi connectivity index (χ0n) is 5.48. The summed E-state index contributed by atoms with van der Waals surface area (Å²) in [6.07, 6.45) is 1.28. The van der Waals surface area contributed by atoms with Crippen LogP contribution < -0.4 is 11.1 Å². The number of aliphatic imine (C=N–C) groups is 3. The highest BCUT2D eigenvalue weighted by Crippen LogP contribution is 2.07. The molecule has 1 unspecified atom stereocenters. The number of rotatable bonds is 0. The maximum absolute atomic E-state index is 11.0. The summed E-state index contributed by atoms with van der Waals surface area (Å²) in [6, 6.07) is -0.625. The Morgan fingerprint density at radius 3 is 3.18 bits per heavy atom. The van der Waals surface area contributed by atoms with Crippen LogP contribution in [0.5, 0.6) is 0 Å². The van der Waals surface area contributed by atoms with Crippen molar-refractivity contribution >= 4 is 24.0 Å². The van der Waals surface area contributed by atoms with Gasteiger partial charge in [-0.25, -0.2) is 9.98 Å². The number of carbonyl (C=O) groups excluding carboxylic acids is 1. The Morgan fingerprint density at radius 1 is 1.64 bits per heavy atom. The third kappa shape index (κ3) is 0.794. The van der Waals surface area contributed by atoms with Gasteiger partial charge in [-0.1, -0.05) is 0 Å². The van der Waals surface area contributed by atoms with Gasteiger partial charge in [0.05, 0.1) is 6.34 Å². The number of hydrogen-bond acceptors (Lipinski definition) is 5. The number of hydrogen-bond donors (Lipinski definition) is 2. The van der Waals surface area contributed by atoms with Gasteiger partial charge in [-0.3, -0.25) is 4.79 Å². The van der Waals surface area contributed by atoms with E-state index in [-0.39, 0.29) is 11.9 Å². The van der Waals surface area contributed by atoms with Crippen molar-refractivity contribution in [2.45, 2.75) is 6.04 Å². The Hall–Kier alpha value is -1.72. The highest BCUT2D eigenvalue weighted by Gasteiger charge is 2.30. The lowest BCUT2D eigenvalue weighted by molar-refractivity contribution is -0.119. The minimum atomic E-state index is -0.625. The maximum Gasteiger partial charge on any atom is 0.257 e. The summed E-state index contributed by atoms with van der Waals surface area (Å²) in [4.78, 5) is 22.3. The number of carbonyl (C=O) groups is 1. The number of amides is 1. The molecule has 1 amide bonds. The molecule has 0 saturated heterocycles. The summed E-state index contributed by atoms with van der Waals surface area (Å²) in [5.41, 5.74) is 5.27. The van der Waals surface area contributed by atoms with E-state index in [2.05, 4.69) is 20.3 Å². The molecule has 56 valence electrons. The van der Waals surface area contributed by atoms with Crippen molar-refractivity contribution in [3.05, 3.63) is 0 Å². The van der Waals surface area contributed by atoms with E-state index < -0.39 is 6.04 Å². The molecule has 6 nitrogen and oxygen atoms in total. The molecule has 2 aliphatic heterocycles. The first-order valence-corrected chi connectivity index (χ1v) is 3.02. The standard InChI is InChI=1S/C5H5N5O/c6-5-9-2-3(10-5)7-1-8-4(2)11/h1-2H,(H3,6,7,8,9,10,11). The minimum Gasteiger partial charge on any atom is -0.368 e. The van der Waals surface area contributed by atoms with Crippen LogP contribution in [0.1, 0.15) is 0 Å². The zero-order chi connectivity index (χ0) is 7.84. The van der Waals surface area contributed by atoms with Gasteiger partial charge in [0.1, 0.15) is 0 Å². The fourth-order valence-corrected chi connectivity index (χ4v) is 0.914. The maximum atomic E-state index is 11.0. The Balaban J connectivity index is 2.42. The molecule has 1 atom stereocenters. The summed E-state index contributed by atoms with van der Waals surface area (Å²) < 4.78 is 0. The van der Waals surface area contributed by atoms with Crippen molar-refractivity contribution in [2.75, 3.05) is 0 Å². The van der Waals surface area contributed by atoms with E-state index in [1.54, 1.807) is 0 Å². The van der Waals surface area contributed by atoms with Crippen molar-refractivity contribution in [2.24, 2.45) is 20.7 Å². The van der Waals surface area contributed by atoms with Gasteiger partial charge in [-0.2, -0.15) is 4.99 Å². The van der Waals surface area contributed by atoms with Crippen molar-refractivity contribution in [3.63, 3.8) is 0 Å². The normalized spacial score (nSPS) is 27.3. The van der Waals surface area contributed by atoms with Crippen LogP contribution in [0.3, 0.4) is 0 Å². The number of guanidine groups is 1. The van der Waals surface area contributed by atoms with E-state index in [1.807, 2.05) is 0 Å². The topological polar surface area (TPSA) is 92.2 Å². The Labute approximate surface area is 61.9 Å². The average Bonchev–Trinajstić information content (AvgIpc) is 2.31. The van der Waals surface area contributed by atoms with Crippen molar-refractivity contribution in [1.29, 1.82) is 0 Å². The minimum absolute atomic E-state index is 0.110. The molecule has 11 heavy (non-hydrogen) atoms. The first-order valence-electron chi connectivity index (χ1n) is 3.02. The highest BCUT2D eigenvalue weighted by molar-refractivity contribution is 6.21. The van der Waals surface area contributed by atoms with E-state index in [0.717, 1.165) is 0 Å². The lowest BCUT2D eigenvalue weighted by Crippen LogP contribution is -2.40. The molecule has 0 bridgehead atoms. The largest absolute Gasteiger partial charge is 0.368 e. The monoisotopic (exact) mass is 151 g/mol. The molecule has 0 aromatic rings. The first-order chi connectivity index (χ1) is 5.27. The third-order valence-corrected chi connectivity index (χ3v) is 1.39. The lowest BCUT2D eigenvalue weighted by atomic mass is 10.2. The molecule has 0 saturated carbocycles. The van der Waals surface area contributed by atoms with Crippen LogP contribution in [0.2, 0.25) is 0 Å². The zero-order valence-corrected chi connectivity index (χ0v) is 5.48. The molecule has 2 heterocycles. The quantitative estimate of drug-likeness (QED) is 0.429. The molecular formula is C5H5N5O. The Bertz CT molecular complexity index is 302. The molecule has 0 aliphatic carbocycles. The van der Waals surface area contributed by atoms with Crippen LogP contribution >= 0.6 is 0 Å². The predicted octanol–water partition coefficient (Wildman–Crippen LogP) is -1.76. The van der Waals surface area contributed by atoms with Gasteiger partial charge in [0.15, 0.2) is 11.9 Å². The van der Waals surface area contributed by atoms with Gasteiger partial charge in [0, 0.05) is 0 Å². The molecule has 2 rings (SSSR count). The van der Waals surface area contributed by atoms with Gasteiger partial charge in [0.2, 0.25) is 5.96 Å². The SMILES string of the molecule is NC1=NC2C(=O)NC=NC2=N1. The van der Waals surface area contributed by atoms with Gasteiger partial charge in [0.25, 0.3) is 5.91 Å². The smallest absolute Gasteiger partial charge is 0.257 e. The van der Waals surface area contributed by atoms with Gasteiger partial charge in [-0.05, 0) is 0 Å². The van der Waals surface area contributed by atoms with Crippen LogP contribution in [0.15, 0.2) is 15.0 Å². The van der Waals surface area contributed by atoms with E-state index in [1.165, 1.54) is 6.34 Å². The number of fused-ring (bicyclic) bond motifs is 1. The van der Waals surface area contributed by atoms with E-state index in [9.17, 15) is 4.79 Å². The number of amidine groups is 1. The summed E-state index contributed by atoms with van der Waals surface area (Å²) in [5.74, 6) is 0.240. The lowest BCUT2D eigenvalue weighted by Gasteiger charge is -2.09. The molecule has 3 N–H and O–H groups in total. The second kappa shape index (κ2) is 1.88. The predicted molar refractivity (Wildman–Crippen MR) is 39.5 cm³/mol. The molecule has 0 radical (unpaired) electrons. The van der Waals surface area contributed by atoms with Crippen LogP contribution in [-0.2, 0) is 4.79 Å². The number of nitrogens with one attached hydrogen (secondary N) is 1. The summed E-state index contributed by atoms with van der Waals surface area (Å²) in [6.45, 7) is 0. The molecule has 0 spiro atoms. The van der Waals surface area contributed by atoms with Crippen LogP contribution in [0, 0.1) is 0 Å². The van der Waals surface area contributed by atoms with Gasteiger partial charge in [-0.15, -0.1) is 0 Å². The molecule has 0 fully saturated rings. The van der Waals surface area contributed by atoms with Crippen LogP contribution in [-0.4, -0.2) is 30.1 Å². The number of nitrogens with zero attached hydrogens (tertiary/aromatic N) is 3. The van der Waals surface area contributed by atoms with E-state index in [0.29, 0.717) is 5.84 Å². The highest BCUT2D eigenvalue weighted by atomic mass is 16.2. The fraction of sp³-hybridized carbons (Fsp3) is 0.200. The molecule has 6 heteroatoms. The van der Waals surface area contributed by atoms with E-state index in [4.69, 9.17) is 5.73 Å². The summed E-state index contributed by atoms with van der Waals surface area (Å²) in [5, 5.41) is 2.40. The average molecular weight is 151 g/mol. The fourth-order valence-electron chi connectivity index (χ4n) is 0.914. The van der Waals surface area contributed by atoms with Gasteiger partial charge < -0.3 is 11.1 Å². The number of nitrogens with two attached hydrogens (primary N) is 1. The summed E-state index contributed by atoms with van der Waals surface area (Å²) >= 11 is 0. The van der Waals surface area contributed by atoms with Crippen molar-refractivity contribution in [3.8, 4) is 0 Å². The molecule has 0 aromatic carbocycles. The Kier molecular flexibility index (Phi) is 1.03. The second-order valence-corrected chi connectivity index (χ2v) is 2.13. The second-order valence-electron chi connectivity index (χ2n) is 2.13. The van der Waals surface area contributed by atoms with E-state index >= 15 is 0 Å². The third-order valence-electron chi connectivity index (χ3n) is 1.39.